The van der Waals surface area contributed by atoms with E-state index in [-0.39, 0.29) is 37.7 Å². The van der Waals surface area contributed by atoms with Gasteiger partial charge in [0.05, 0.1) is 26.9 Å². The van der Waals surface area contributed by atoms with Crippen molar-refractivity contribution in [3.8, 4) is 11.5 Å². The summed E-state index contributed by atoms with van der Waals surface area (Å²) in [4.78, 5) is 25.2. The van der Waals surface area contributed by atoms with Crippen LogP contribution in [0.4, 0.5) is 4.79 Å². The highest BCUT2D eigenvalue weighted by molar-refractivity contribution is 7.48. The Morgan fingerprint density at radius 3 is 1.81 bits per heavy atom. The van der Waals surface area contributed by atoms with E-state index in [2.05, 4.69) is 5.32 Å². The number of methoxy groups -OCH3 is 1. The largest absolute Gasteiger partial charge is 0.530 e. The number of phosphoric ester groups is 1. The molecule has 1 N–H and O–H groups in total. The minimum Gasteiger partial charge on any atom is -0.490 e. The van der Waals surface area contributed by atoms with Crippen molar-refractivity contribution in [3.63, 3.8) is 0 Å². The number of unbranched alkanes of at least 4 members (excludes halogenated alkanes) is 1. The lowest BCUT2D eigenvalue weighted by molar-refractivity contribution is -0.143. The zero-order chi connectivity index (χ0) is 33.3. The molecule has 0 aliphatic rings. The zero-order valence-corrected chi connectivity index (χ0v) is 27.4. The van der Waals surface area contributed by atoms with E-state index in [0.29, 0.717) is 12.2 Å². The van der Waals surface area contributed by atoms with Gasteiger partial charge in [0, 0.05) is 6.42 Å². The number of benzene rings is 4. The Hall–Kier alpha value is -4.63. The topological polar surface area (TPSA) is 119 Å². The molecule has 0 saturated heterocycles. The van der Waals surface area contributed by atoms with Crippen LogP contribution in [0.3, 0.4) is 0 Å². The number of phosphoric acid groups is 1. The summed E-state index contributed by atoms with van der Waals surface area (Å²) < 4.78 is 47.9. The fourth-order valence-electron chi connectivity index (χ4n) is 4.34. The average molecular weight is 662 g/mol. The molecular weight excluding hydrogens is 621 g/mol. The van der Waals surface area contributed by atoms with Gasteiger partial charge in [-0.3, -0.25) is 9.05 Å². The molecule has 248 valence electrons. The Labute approximate surface area is 275 Å². The number of amides is 1. The summed E-state index contributed by atoms with van der Waals surface area (Å²) in [7, 11) is -2.94. The lowest BCUT2D eigenvalue weighted by Crippen LogP contribution is -2.43. The first-order valence-electron chi connectivity index (χ1n) is 15.3. The number of alkyl carbamates (subject to hydrolysis) is 1. The van der Waals surface area contributed by atoms with Crippen LogP contribution in [-0.4, -0.2) is 31.8 Å². The van der Waals surface area contributed by atoms with Crippen molar-refractivity contribution in [2.75, 3.05) is 13.7 Å². The molecular formula is C36H40NO9P. The molecule has 0 aliphatic heterocycles. The normalized spacial score (nSPS) is 11.7. The number of ether oxygens (including phenoxy) is 3. The molecule has 0 aromatic heterocycles. The van der Waals surface area contributed by atoms with E-state index in [1.807, 2.05) is 97.9 Å². The van der Waals surface area contributed by atoms with E-state index >= 15 is 0 Å². The Balaban J connectivity index is 1.52. The minimum absolute atomic E-state index is 0.0101. The summed E-state index contributed by atoms with van der Waals surface area (Å²) >= 11 is 0. The van der Waals surface area contributed by atoms with Crippen LogP contribution in [0.1, 0.15) is 42.0 Å². The number of carbonyl (C=O) groups excluding carboxylic acids is 2. The fraction of sp³-hybridized carbons (Fsp3) is 0.278. The van der Waals surface area contributed by atoms with Crippen LogP contribution in [-0.2, 0) is 54.1 Å². The molecule has 10 nitrogen and oxygen atoms in total. The van der Waals surface area contributed by atoms with E-state index in [1.54, 1.807) is 18.2 Å². The smallest absolute Gasteiger partial charge is 0.490 e. The predicted molar refractivity (Wildman–Crippen MR) is 177 cm³/mol. The van der Waals surface area contributed by atoms with Crippen LogP contribution in [0.2, 0.25) is 0 Å². The van der Waals surface area contributed by atoms with Gasteiger partial charge in [-0.25, -0.2) is 14.2 Å². The summed E-state index contributed by atoms with van der Waals surface area (Å²) in [6.07, 6.45) is 0.935. The average Bonchev–Trinajstić information content (AvgIpc) is 3.11. The van der Waals surface area contributed by atoms with E-state index in [4.69, 9.17) is 27.8 Å². The van der Waals surface area contributed by atoms with Crippen molar-refractivity contribution in [1.82, 2.24) is 5.32 Å². The molecule has 1 amide bonds. The van der Waals surface area contributed by atoms with Gasteiger partial charge in [-0.05, 0) is 40.8 Å². The van der Waals surface area contributed by atoms with E-state index in [9.17, 15) is 14.2 Å². The van der Waals surface area contributed by atoms with Gasteiger partial charge < -0.3 is 24.1 Å². The van der Waals surface area contributed by atoms with Gasteiger partial charge in [-0.15, -0.1) is 0 Å². The van der Waals surface area contributed by atoms with E-state index < -0.39 is 25.9 Å². The second-order valence-corrected chi connectivity index (χ2v) is 12.1. The SMILES string of the molecule is CCCCOc1cc(C[C@H](NC(=O)OCc2ccccc2)C(=O)OC)ccc1OP(=O)(OCc1ccccc1)OCc1ccccc1. The van der Waals surface area contributed by atoms with Crippen LogP contribution < -0.4 is 14.6 Å². The van der Waals surface area contributed by atoms with Gasteiger partial charge in [-0.2, -0.15) is 0 Å². The molecule has 0 fully saturated rings. The maximum atomic E-state index is 14.0. The van der Waals surface area contributed by atoms with Crippen molar-refractivity contribution in [2.24, 2.45) is 0 Å². The van der Waals surface area contributed by atoms with Crippen molar-refractivity contribution < 1.29 is 41.9 Å². The molecule has 0 aliphatic carbocycles. The lowest BCUT2D eigenvalue weighted by atomic mass is 10.1. The molecule has 1 atom stereocenters. The molecule has 0 spiro atoms. The summed E-state index contributed by atoms with van der Waals surface area (Å²) in [6, 6.07) is 31.6. The second kappa shape index (κ2) is 18.5. The highest BCUT2D eigenvalue weighted by atomic mass is 31.2. The number of hydrogen-bond donors (Lipinski definition) is 1. The number of hydrogen-bond acceptors (Lipinski definition) is 9. The van der Waals surface area contributed by atoms with Gasteiger partial charge in [0.2, 0.25) is 0 Å². The maximum absolute atomic E-state index is 14.0. The maximum Gasteiger partial charge on any atom is 0.530 e. The highest BCUT2D eigenvalue weighted by Crippen LogP contribution is 2.53. The molecule has 0 bridgehead atoms. The standard InChI is InChI=1S/C36H40NO9P/c1-3-4-22-42-34-24-31(23-32(35(38)41-2)37-36(39)43-25-28-14-8-5-9-15-28)20-21-33(34)46-47(40,44-26-29-16-10-6-11-17-29)45-27-30-18-12-7-13-19-30/h5-21,24,32H,3-4,22-23,25-27H2,1-2H3,(H,37,39)/t32-/m0/s1. The molecule has 47 heavy (non-hydrogen) atoms. The van der Waals surface area contributed by atoms with Crippen LogP contribution in [0.15, 0.2) is 109 Å². The second-order valence-electron chi connectivity index (χ2n) is 10.5. The van der Waals surface area contributed by atoms with Crippen molar-refractivity contribution in [1.29, 1.82) is 0 Å². The molecule has 0 radical (unpaired) electrons. The molecule has 4 aromatic carbocycles. The molecule has 4 aromatic rings. The summed E-state index contributed by atoms with van der Waals surface area (Å²) in [5.41, 5.74) is 3.00. The van der Waals surface area contributed by atoms with Crippen LogP contribution >= 0.6 is 7.82 Å². The Morgan fingerprint density at radius 1 is 0.723 bits per heavy atom. The van der Waals surface area contributed by atoms with Gasteiger partial charge in [0.25, 0.3) is 0 Å². The molecule has 0 heterocycles. The van der Waals surface area contributed by atoms with E-state index in [0.717, 1.165) is 29.5 Å². The predicted octanol–water partition coefficient (Wildman–Crippen LogP) is 7.80. The van der Waals surface area contributed by atoms with Crippen molar-refractivity contribution in [2.45, 2.75) is 52.0 Å². The van der Waals surface area contributed by atoms with Crippen molar-refractivity contribution in [3.05, 3.63) is 131 Å². The Morgan fingerprint density at radius 2 is 1.28 bits per heavy atom. The third-order valence-corrected chi connectivity index (χ3v) is 8.18. The Kier molecular flexibility index (Phi) is 13.9. The third-order valence-electron chi connectivity index (χ3n) is 6.87. The van der Waals surface area contributed by atoms with E-state index in [1.165, 1.54) is 7.11 Å². The van der Waals surface area contributed by atoms with Gasteiger partial charge in [-0.1, -0.05) is 110 Å². The summed E-state index contributed by atoms with van der Waals surface area (Å²) in [6.45, 7) is 2.42. The number of carbonyl (C=O) groups is 2. The number of nitrogens with one attached hydrogen (secondary N) is 1. The first kappa shape index (κ1) is 35.2. The fourth-order valence-corrected chi connectivity index (χ4v) is 5.52. The minimum atomic E-state index is -4.18. The first-order valence-corrected chi connectivity index (χ1v) is 16.8. The van der Waals surface area contributed by atoms with Gasteiger partial charge in [0.1, 0.15) is 12.6 Å². The lowest BCUT2D eigenvalue weighted by Gasteiger charge is -2.21. The number of rotatable bonds is 18. The first-order chi connectivity index (χ1) is 22.9. The highest BCUT2D eigenvalue weighted by Gasteiger charge is 2.31. The van der Waals surface area contributed by atoms with Gasteiger partial charge >= 0.3 is 19.9 Å². The zero-order valence-electron chi connectivity index (χ0n) is 26.5. The summed E-state index contributed by atoms with van der Waals surface area (Å²) in [5, 5.41) is 2.58. The van der Waals surface area contributed by atoms with Gasteiger partial charge in [0.15, 0.2) is 11.5 Å². The Bertz CT molecular complexity index is 1540. The third kappa shape index (κ3) is 11.9. The molecule has 11 heteroatoms. The quantitative estimate of drug-likeness (QED) is 0.0647. The van der Waals surface area contributed by atoms with Crippen molar-refractivity contribution >= 4 is 19.9 Å². The molecule has 0 saturated carbocycles. The number of esters is 1. The van der Waals surface area contributed by atoms with Crippen LogP contribution in [0.25, 0.3) is 0 Å². The van der Waals surface area contributed by atoms with Crippen LogP contribution in [0.5, 0.6) is 11.5 Å². The van der Waals surface area contributed by atoms with Crippen LogP contribution in [0, 0.1) is 0 Å². The summed E-state index contributed by atoms with van der Waals surface area (Å²) in [5.74, 6) is -0.235. The molecule has 4 rings (SSSR count). The monoisotopic (exact) mass is 661 g/mol. The molecule has 0 unspecified atom stereocenters.